The van der Waals surface area contributed by atoms with Gasteiger partial charge in [0.15, 0.2) is 5.52 Å². The molecule has 10 heteroatoms. The van der Waals surface area contributed by atoms with Crippen molar-refractivity contribution in [3.05, 3.63) is 22.2 Å². The second kappa shape index (κ2) is 3.39. The molecular weight excluding hydrogens is 262 g/mol. The molecular formula is C6H2ClN3O5S. The predicted octanol–water partition coefficient (Wildman–Crippen LogP) is 1.06. The summed E-state index contributed by atoms with van der Waals surface area (Å²) >= 11 is 0. The van der Waals surface area contributed by atoms with E-state index in [1.54, 1.807) is 0 Å². The minimum Gasteiger partial charge on any atom is -0.258 e. The molecule has 0 fully saturated rings. The van der Waals surface area contributed by atoms with E-state index in [4.69, 9.17) is 10.7 Å². The molecule has 16 heavy (non-hydrogen) atoms. The molecule has 0 bridgehead atoms. The van der Waals surface area contributed by atoms with Gasteiger partial charge in [0.1, 0.15) is 4.90 Å². The van der Waals surface area contributed by atoms with Crippen LogP contribution in [0.4, 0.5) is 5.69 Å². The Morgan fingerprint density at radius 3 is 2.50 bits per heavy atom. The van der Waals surface area contributed by atoms with Gasteiger partial charge in [-0.05, 0) is 16.4 Å². The quantitative estimate of drug-likeness (QED) is 0.452. The maximum absolute atomic E-state index is 11.1. The zero-order chi connectivity index (χ0) is 11.9. The number of halogens is 1. The fourth-order valence-electron chi connectivity index (χ4n) is 1.17. The van der Waals surface area contributed by atoms with E-state index < -0.39 is 19.7 Å². The van der Waals surface area contributed by atoms with Crippen molar-refractivity contribution in [3.63, 3.8) is 0 Å². The fourth-order valence-corrected chi connectivity index (χ4v) is 2.14. The van der Waals surface area contributed by atoms with Gasteiger partial charge in [0.2, 0.25) is 5.52 Å². The van der Waals surface area contributed by atoms with E-state index in [2.05, 4.69) is 14.9 Å². The van der Waals surface area contributed by atoms with E-state index in [9.17, 15) is 18.5 Å². The van der Waals surface area contributed by atoms with Gasteiger partial charge < -0.3 is 0 Å². The van der Waals surface area contributed by atoms with Crippen LogP contribution < -0.4 is 0 Å². The molecule has 2 aromatic rings. The van der Waals surface area contributed by atoms with Crippen molar-refractivity contribution in [2.45, 2.75) is 4.90 Å². The number of nitrogens with zero attached hydrogens (tertiary/aromatic N) is 3. The van der Waals surface area contributed by atoms with Crippen LogP contribution in [-0.4, -0.2) is 23.7 Å². The van der Waals surface area contributed by atoms with Gasteiger partial charge in [-0.25, -0.2) is 13.0 Å². The summed E-state index contributed by atoms with van der Waals surface area (Å²) in [4.78, 5) is 9.48. The van der Waals surface area contributed by atoms with Gasteiger partial charge in [-0.15, -0.1) is 0 Å². The molecule has 0 unspecified atom stereocenters. The van der Waals surface area contributed by atoms with Crippen LogP contribution in [0.25, 0.3) is 11.0 Å². The van der Waals surface area contributed by atoms with Crippen LogP contribution in [-0.2, 0) is 9.05 Å². The first-order chi connectivity index (χ1) is 7.41. The molecule has 0 amide bonds. The SMILES string of the molecule is O=[N+]([O-])c1ccc(S(=O)(=O)Cl)c2nonc12. The maximum atomic E-state index is 11.1. The summed E-state index contributed by atoms with van der Waals surface area (Å²) in [7, 11) is 1.06. The number of nitro benzene ring substituents is 1. The zero-order valence-electron chi connectivity index (χ0n) is 7.32. The smallest absolute Gasteiger partial charge is 0.258 e. The number of hydrogen-bond donors (Lipinski definition) is 0. The highest BCUT2D eigenvalue weighted by molar-refractivity contribution is 8.14. The largest absolute Gasteiger partial charge is 0.300 e. The second-order valence-electron chi connectivity index (χ2n) is 2.74. The molecule has 0 atom stereocenters. The van der Waals surface area contributed by atoms with Crippen molar-refractivity contribution in [3.8, 4) is 0 Å². The Labute approximate surface area is 92.3 Å². The Morgan fingerprint density at radius 1 is 1.31 bits per heavy atom. The van der Waals surface area contributed by atoms with Crippen molar-refractivity contribution in [1.29, 1.82) is 0 Å². The molecule has 0 saturated heterocycles. The summed E-state index contributed by atoms with van der Waals surface area (Å²) in [5, 5.41) is 17.1. The molecule has 1 heterocycles. The normalized spacial score (nSPS) is 11.8. The Balaban J connectivity index is 2.89. The van der Waals surface area contributed by atoms with E-state index in [1.165, 1.54) is 0 Å². The summed E-state index contributed by atoms with van der Waals surface area (Å²) in [5.41, 5.74) is -0.920. The number of hydrogen-bond acceptors (Lipinski definition) is 7. The van der Waals surface area contributed by atoms with Gasteiger partial charge in [0.25, 0.3) is 9.05 Å². The van der Waals surface area contributed by atoms with Gasteiger partial charge >= 0.3 is 5.69 Å². The van der Waals surface area contributed by atoms with Gasteiger partial charge in [-0.3, -0.25) is 10.1 Å². The average molecular weight is 264 g/mol. The van der Waals surface area contributed by atoms with Crippen LogP contribution in [0, 0.1) is 10.1 Å². The lowest BCUT2D eigenvalue weighted by Gasteiger charge is -1.95. The second-order valence-corrected chi connectivity index (χ2v) is 5.27. The maximum Gasteiger partial charge on any atom is 0.300 e. The molecule has 0 radical (unpaired) electrons. The minimum atomic E-state index is -4.05. The highest BCUT2D eigenvalue weighted by atomic mass is 35.7. The first kappa shape index (κ1) is 10.8. The van der Waals surface area contributed by atoms with E-state index >= 15 is 0 Å². The number of non-ortho nitro benzene ring substituents is 1. The summed E-state index contributed by atoms with van der Waals surface area (Å²) < 4.78 is 26.5. The topological polar surface area (TPSA) is 116 Å². The average Bonchev–Trinajstić information content (AvgIpc) is 2.61. The Hall–Kier alpha value is -1.74. The Kier molecular flexibility index (Phi) is 2.28. The number of benzene rings is 1. The van der Waals surface area contributed by atoms with Crippen LogP contribution in [0.15, 0.2) is 21.7 Å². The number of nitro groups is 1. The molecule has 1 aromatic heterocycles. The molecule has 0 aliphatic rings. The molecule has 2 rings (SSSR count). The van der Waals surface area contributed by atoms with Crippen molar-refractivity contribution >= 4 is 36.5 Å². The third-order valence-corrected chi connectivity index (χ3v) is 3.17. The van der Waals surface area contributed by atoms with E-state index in [0.717, 1.165) is 12.1 Å². The summed E-state index contributed by atoms with van der Waals surface area (Å²) in [6.45, 7) is 0. The fraction of sp³-hybridized carbons (Fsp3) is 0. The Bertz CT molecular complexity index is 679. The number of rotatable bonds is 2. The molecule has 84 valence electrons. The van der Waals surface area contributed by atoms with Crippen molar-refractivity contribution in [2.24, 2.45) is 0 Å². The first-order valence-electron chi connectivity index (χ1n) is 3.75. The minimum absolute atomic E-state index is 0.258. The highest BCUT2D eigenvalue weighted by Gasteiger charge is 2.24. The van der Waals surface area contributed by atoms with Crippen molar-refractivity contribution in [2.75, 3.05) is 0 Å². The van der Waals surface area contributed by atoms with Crippen molar-refractivity contribution < 1.29 is 18.0 Å². The van der Waals surface area contributed by atoms with Gasteiger partial charge in [0.05, 0.1) is 4.92 Å². The first-order valence-corrected chi connectivity index (χ1v) is 6.06. The molecule has 8 nitrogen and oxygen atoms in total. The van der Waals surface area contributed by atoms with Crippen molar-refractivity contribution in [1.82, 2.24) is 10.3 Å². The lowest BCUT2D eigenvalue weighted by molar-refractivity contribution is -0.383. The molecule has 1 aromatic carbocycles. The third-order valence-electron chi connectivity index (χ3n) is 1.82. The van der Waals surface area contributed by atoms with Gasteiger partial charge in [0, 0.05) is 16.7 Å². The molecule has 0 spiro atoms. The summed E-state index contributed by atoms with van der Waals surface area (Å²) in [6.07, 6.45) is 0. The van der Waals surface area contributed by atoms with Gasteiger partial charge in [-0.1, -0.05) is 0 Å². The lowest BCUT2D eigenvalue weighted by Crippen LogP contribution is -1.95. The lowest BCUT2D eigenvalue weighted by atomic mass is 10.3. The van der Waals surface area contributed by atoms with Crippen LogP contribution in [0.2, 0.25) is 0 Å². The van der Waals surface area contributed by atoms with Gasteiger partial charge in [-0.2, -0.15) is 0 Å². The molecule has 0 aliphatic carbocycles. The number of aromatic nitrogens is 2. The Morgan fingerprint density at radius 2 is 1.94 bits per heavy atom. The monoisotopic (exact) mass is 263 g/mol. The molecule has 0 N–H and O–H groups in total. The van der Waals surface area contributed by atoms with Crippen LogP contribution >= 0.6 is 10.7 Å². The number of fused-ring (bicyclic) bond motifs is 1. The molecule has 0 aliphatic heterocycles. The van der Waals surface area contributed by atoms with Crippen LogP contribution in [0.5, 0.6) is 0 Å². The standard InChI is InChI=1S/C6H2ClN3O5S/c7-16(13,14)4-2-1-3(10(11)12)5-6(4)9-15-8-5/h1-2H. The summed E-state index contributed by atoms with van der Waals surface area (Å²) in [6, 6.07) is 1.95. The zero-order valence-corrected chi connectivity index (χ0v) is 8.90. The van der Waals surface area contributed by atoms with E-state index in [0.29, 0.717) is 0 Å². The predicted molar refractivity (Wildman–Crippen MR) is 51.5 cm³/mol. The van der Waals surface area contributed by atoms with Crippen LogP contribution in [0.3, 0.4) is 0 Å². The van der Waals surface area contributed by atoms with Crippen LogP contribution in [0.1, 0.15) is 0 Å². The summed E-state index contributed by atoms with van der Waals surface area (Å²) in [5.74, 6) is 0. The van der Waals surface area contributed by atoms with E-state index in [-0.39, 0.29) is 15.9 Å². The third kappa shape index (κ3) is 1.59. The van der Waals surface area contributed by atoms with E-state index in [1.807, 2.05) is 0 Å². The molecule has 0 saturated carbocycles. The highest BCUT2D eigenvalue weighted by Crippen LogP contribution is 2.29.